The van der Waals surface area contributed by atoms with Gasteiger partial charge in [0.1, 0.15) is 11.6 Å². The first-order chi connectivity index (χ1) is 46.6. The third-order valence-electron chi connectivity index (χ3n) is 12.0. The minimum absolute atomic E-state index is 0. The molecule has 0 amide bonds. The van der Waals surface area contributed by atoms with E-state index in [0.29, 0.717) is 22.8 Å². The molecule has 1 N–H and O–H groups in total. The van der Waals surface area contributed by atoms with Crippen LogP contribution in [0.25, 0.3) is 72.7 Å². The number of aromatic hydroxyl groups is 1. The summed E-state index contributed by atoms with van der Waals surface area (Å²) in [6.07, 6.45) is 1.19. The molecule has 0 aliphatic carbocycles. The molecule has 0 aliphatic heterocycles. The molecule has 70 heavy (non-hydrogen) atoms. The van der Waals surface area contributed by atoms with Crippen LogP contribution in [0, 0.1) is 12.9 Å². The molecule has 0 saturated heterocycles. The molecule has 5 heteroatoms. The Morgan fingerprint density at radius 1 is 0.629 bits per heavy atom. The molecule has 0 saturated carbocycles. The third-order valence-corrected chi connectivity index (χ3v) is 12.0. The minimum Gasteiger partial charge on any atom is -0.507 e. The molecule has 0 aliphatic rings. The van der Waals surface area contributed by atoms with Gasteiger partial charge in [0.25, 0.3) is 0 Å². The Kier molecular flexibility index (Phi) is 6.40. The number of nitrogens with zero attached hydrogens (tertiary/aromatic N) is 3. The van der Waals surface area contributed by atoms with Gasteiger partial charge in [-0.2, -0.15) is 0 Å². The Balaban J connectivity index is 0.0000154. The van der Waals surface area contributed by atoms with Crippen LogP contribution in [0.15, 0.2) is 121 Å². The number of phenols is 1. The van der Waals surface area contributed by atoms with E-state index < -0.39 is 165 Å². The third kappa shape index (κ3) is 10.6. The first-order valence-electron chi connectivity index (χ1n) is 39.5. The number of hydrogen-bond acceptors (Lipinski definition) is 3. The Labute approximate surface area is 483 Å². The molecule has 0 fully saturated rings. The van der Waals surface area contributed by atoms with E-state index in [2.05, 4.69) is 11.1 Å². The van der Waals surface area contributed by atoms with Crippen molar-refractivity contribution in [3.8, 4) is 67.5 Å². The van der Waals surface area contributed by atoms with Crippen LogP contribution in [-0.2, 0) is 42.7 Å². The maximum absolute atomic E-state index is 13.2. The van der Waals surface area contributed by atoms with Crippen molar-refractivity contribution in [3.05, 3.63) is 166 Å². The summed E-state index contributed by atoms with van der Waals surface area (Å²) in [7, 11) is 0. The van der Waals surface area contributed by atoms with Gasteiger partial charge in [-0.05, 0) is 121 Å². The molecular weight excluding hydrogens is 1030 g/mol. The standard InChI is InChI=1S/C65H74N3O.Pt/c1-39(2)45-30-46(40(3)4)32-47(31-45)43-23-26-57(41(5)29-43)68-58-20-18-19-53(59(58)67-61(68)54-37-52(64(12,13)14)38-55(60(54)69)65(15,16)17)48-33-49(35-51(34-48)63(9,10)11)56-36-44(27-28-66-56)42-21-24-50(25-22-42)62(6,7)8;/h18-32,34-40,69H,1-17H3;/q-1;/i5D3,6D3,7D3,8D3,12D3,13D3,14D3,15D3,16D3,17D3,21D,22D,24D,25D,39D;. The zero-order valence-electron chi connectivity index (χ0n) is 74.4. The number of hydrogen-bond donors (Lipinski definition) is 1. The Hall–Kier alpha value is -5.57. The van der Waals surface area contributed by atoms with E-state index in [0.717, 1.165) is 10.1 Å². The number of imidazole rings is 1. The predicted molar refractivity (Wildman–Crippen MR) is 294 cm³/mol. The number of benzene rings is 6. The molecule has 0 radical (unpaired) electrons. The second-order valence-corrected chi connectivity index (χ2v) is 19.0. The molecule has 6 aromatic carbocycles. The molecule has 0 unspecified atom stereocenters. The summed E-state index contributed by atoms with van der Waals surface area (Å²) in [6.45, 7) is -28.4. The van der Waals surface area contributed by atoms with Crippen LogP contribution < -0.4 is 0 Å². The molecule has 8 rings (SSSR count). The number of aromatic nitrogens is 3. The summed E-state index contributed by atoms with van der Waals surface area (Å²) in [4.78, 5) is 9.53. The van der Waals surface area contributed by atoms with Gasteiger partial charge in [0.05, 0.1) is 27.8 Å². The van der Waals surface area contributed by atoms with Crippen LogP contribution in [0.2, 0.25) is 0 Å². The molecular formula is C65H74N3OPt-. The summed E-state index contributed by atoms with van der Waals surface area (Å²) in [6, 6.07) is 18.6. The van der Waals surface area contributed by atoms with E-state index in [-0.39, 0.29) is 83.3 Å². The number of aryl methyl sites for hydroxylation is 1. The number of pyridine rings is 1. The van der Waals surface area contributed by atoms with E-state index in [1.54, 1.807) is 58.9 Å². The number of rotatable bonds is 8. The number of phenolic OH excluding ortho intramolecular Hbond substituents is 1. The van der Waals surface area contributed by atoms with Gasteiger partial charge < -0.3 is 5.11 Å². The van der Waals surface area contributed by atoms with E-state index in [4.69, 9.17) is 46.1 Å². The van der Waals surface area contributed by atoms with Crippen molar-refractivity contribution in [3.63, 3.8) is 0 Å². The summed E-state index contributed by atoms with van der Waals surface area (Å²) >= 11 is 0. The van der Waals surface area contributed by atoms with Crippen molar-refractivity contribution in [1.82, 2.24) is 14.5 Å². The van der Waals surface area contributed by atoms with E-state index in [9.17, 15) is 12.0 Å². The van der Waals surface area contributed by atoms with Gasteiger partial charge in [-0.15, -0.1) is 29.3 Å². The number of fused-ring (bicyclic) bond motifs is 1. The SMILES string of the molecule is [2H]c1c([2H])c(C(C([2H])([2H])[2H])(C([2H])([2H])[2H])C([2H])([2H])[2H])c([2H])c([2H])c1-c1ccnc(-c2[c-]c(-c3cccc4c3nc(-c3cc(C(C([2H])([2H])[2H])(C([2H])([2H])[2H])C([2H])([2H])[2H])cc(C(C([2H])([2H])[2H])(C([2H])([2H])[2H])C([2H])([2H])[2H])c3O)n4-c3ccc(-c4cc(C(C)C)cc(C([2H])(C)C)c4)cc3C([2H])([2H])[2H])cc(C(C)(C)C)c2)c1.[Pt]. The van der Waals surface area contributed by atoms with E-state index in [1.165, 1.54) is 54.7 Å². The molecule has 0 bridgehead atoms. The first-order valence-corrected chi connectivity index (χ1v) is 22.0. The zero-order chi connectivity index (χ0) is 79.5. The van der Waals surface area contributed by atoms with Crippen molar-refractivity contribution in [2.75, 3.05) is 0 Å². The molecule has 0 atom stereocenters. The quantitative estimate of drug-likeness (QED) is 0.154. The smallest absolute Gasteiger partial charge is 0.148 e. The summed E-state index contributed by atoms with van der Waals surface area (Å²) in [5.41, 5.74) is -18.5. The van der Waals surface area contributed by atoms with Crippen LogP contribution in [0.5, 0.6) is 5.75 Å². The fraction of sp³-hybridized carbons (Fsp3) is 0.354. The topological polar surface area (TPSA) is 50.9 Å². The van der Waals surface area contributed by atoms with Crippen LogP contribution in [-0.4, -0.2) is 19.6 Å². The zero-order valence-corrected chi connectivity index (χ0v) is 41.7. The summed E-state index contributed by atoms with van der Waals surface area (Å²) < 4.78 is 307. The van der Waals surface area contributed by atoms with Gasteiger partial charge in [-0.1, -0.05) is 194 Å². The monoisotopic (exact) mass is 1140 g/mol. The molecule has 8 aromatic rings. The van der Waals surface area contributed by atoms with Crippen molar-refractivity contribution in [2.24, 2.45) is 0 Å². The Bertz CT molecular complexity index is 4520. The van der Waals surface area contributed by atoms with Crippen LogP contribution in [0.4, 0.5) is 0 Å². The first kappa shape index (κ1) is 23.3. The van der Waals surface area contributed by atoms with Gasteiger partial charge in [-0.3, -0.25) is 9.55 Å². The molecule has 0 spiro atoms. The number of para-hydroxylation sites is 1. The Morgan fingerprint density at radius 2 is 1.29 bits per heavy atom. The van der Waals surface area contributed by atoms with Crippen LogP contribution in [0.1, 0.15) is 209 Å². The average Bonchev–Trinajstić information content (AvgIpc) is 1.12. The minimum atomic E-state index is -4.37. The van der Waals surface area contributed by atoms with Crippen molar-refractivity contribution in [1.29, 1.82) is 0 Å². The molecule has 2 heterocycles. The van der Waals surface area contributed by atoms with E-state index in [1.807, 2.05) is 19.9 Å². The van der Waals surface area contributed by atoms with Gasteiger partial charge in [-0.25, -0.2) is 4.98 Å². The van der Waals surface area contributed by atoms with Crippen molar-refractivity contribution < 1.29 is 74.1 Å². The van der Waals surface area contributed by atoms with Crippen molar-refractivity contribution >= 4 is 11.0 Å². The van der Waals surface area contributed by atoms with Crippen molar-refractivity contribution in [2.45, 2.75) is 150 Å². The van der Waals surface area contributed by atoms with E-state index >= 15 is 0 Å². The molecule has 366 valence electrons. The summed E-state index contributed by atoms with van der Waals surface area (Å²) in [5.74, 6) is -3.78. The van der Waals surface area contributed by atoms with Gasteiger partial charge in [0.15, 0.2) is 0 Å². The van der Waals surface area contributed by atoms with Crippen LogP contribution >= 0.6 is 0 Å². The van der Waals surface area contributed by atoms with Crippen LogP contribution in [0.3, 0.4) is 0 Å². The van der Waals surface area contributed by atoms with Gasteiger partial charge in [0.2, 0.25) is 0 Å². The average molecular weight is 1140 g/mol. The second kappa shape index (κ2) is 19.2. The van der Waals surface area contributed by atoms with Gasteiger partial charge >= 0.3 is 0 Å². The fourth-order valence-electron chi connectivity index (χ4n) is 8.06. The molecule has 4 nitrogen and oxygen atoms in total. The predicted octanol–water partition coefficient (Wildman–Crippen LogP) is 18.0. The summed E-state index contributed by atoms with van der Waals surface area (Å²) in [5, 5.41) is 13.2. The largest absolute Gasteiger partial charge is 0.507 e. The maximum Gasteiger partial charge on any atom is 0.148 e. The second-order valence-electron chi connectivity index (χ2n) is 19.0. The Morgan fingerprint density at radius 3 is 1.94 bits per heavy atom. The van der Waals surface area contributed by atoms with Gasteiger partial charge in [0, 0.05) is 81.0 Å². The molecule has 2 aromatic heterocycles. The fourth-order valence-corrected chi connectivity index (χ4v) is 8.06. The normalized spacial score (nSPS) is 21.9. The maximum atomic E-state index is 13.2.